The van der Waals surface area contributed by atoms with E-state index in [1.165, 1.54) is 4.31 Å². The number of benzene rings is 2. The van der Waals surface area contributed by atoms with Crippen molar-refractivity contribution >= 4 is 38.9 Å². The van der Waals surface area contributed by atoms with E-state index in [-0.39, 0.29) is 11.7 Å². The van der Waals surface area contributed by atoms with Crippen molar-refractivity contribution in [1.82, 2.24) is 0 Å². The molecule has 1 fully saturated rings. The second-order valence-corrected chi connectivity index (χ2v) is 8.45. The fraction of sp³-hybridized carbons (Fsp3) is 0.278. The third-order valence-corrected chi connectivity index (χ3v) is 6.38. The van der Waals surface area contributed by atoms with E-state index in [0.29, 0.717) is 34.9 Å². The van der Waals surface area contributed by atoms with Crippen LogP contribution in [0.3, 0.4) is 0 Å². The van der Waals surface area contributed by atoms with E-state index >= 15 is 0 Å². The highest BCUT2D eigenvalue weighted by atomic mass is 35.5. The van der Waals surface area contributed by atoms with E-state index in [1.54, 1.807) is 42.5 Å². The van der Waals surface area contributed by atoms with Crippen molar-refractivity contribution in [2.24, 2.45) is 0 Å². The number of sulfonamides is 1. The molecule has 0 aliphatic carbocycles. The maximum atomic E-state index is 12.3. The Morgan fingerprint density at radius 3 is 2.60 bits per heavy atom. The minimum atomic E-state index is -3.26. The van der Waals surface area contributed by atoms with Gasteiger partial charge in [0.25, 0.3) is 5.91 Å². The molecule has 1 aliphatic heterocycles. The van der Waals surface area contributed by atoms with Crippen LogP contribution in [0.25, 0.3) is 0 Å². The Labute approximate surface area is 152 Å². The van der Waals surface area contributed by atoms with Gasteiger partial charge in [-0.05, 0) is 55.7 Å². The number of rotatable bonds is 3. The third kappa shape index (κ3) is 3.80. The van der Waals surface area contributed by atoms with E-state index < -0.39 is 10.0 Å². The summed E-state index contributed by atoms with van der Waals surface area (Å²) in [5.74, 6) is -0.124. The van der Waals surface area contributed by atoms with Gasteiger partial charge in [0.2, 0.25) is 10.0 Å². The van der Waals surface area contributed by atoms with Crippen molar-refractivity contribution in [2.75, 3.05) is 21.9 Å². The Morgan fingerprint density at radius 2 is 1.92 bits per heavy atom. The van der Waals surface area contributed by atoms with Crippen LogP contribution in [0.2, 0.25) is 5.02 Å². The largest absolute Gasteiger partial charge is 0.322 e. The van der Waals surface area contributed by atoms with Gasteiger partial charge in [0, 0.05) is 12.2 Å². The first-order chi connectivity index (χ1) is 11.9. The maximum absolute atomic E-state index is 12.3. The Kier molecular flexibility index (Phi) is 5.01. The van der Waals surface area contributed by atoms with Gasteiger partial charge in [0.15, 0.2) is 0 Å². The standard InChI is InChI=1S/C18H19ClN2O3S/c1-13-12-14(20-18(22)15-6-2-3-7-16(15)19)8-9-17(13)21-10-4-5-11-25(21,23)24/h2-3,6-9,12H,4-5,10-11H2,1H3,(H,20,22). The second kappa shape index (κ2) is 7.06. The molecule has 0 saturated carbocycles. The number of aryl methyl sites for hydroxylation is 1. The normalized spacial score (nSPS) is 16.5. The Morgan fingerprint density at radius 1 is 1.16 bits per heavy atom. The van der Waals surface area contributed by atoms with E-state index in [1.807, 2.05) is 6.92 Å². The zero-order chi connectivity index (χ0) is 18.0. The summed E-state index contributed by atoms with van der Waals surface area (Å²) in [6.07, 6.45) is 1.55. The predicted molar refractivity (Wildman–Crippen MR) is 101 cm³/mol. The molecule has 0 aromatic heterocycles. The fourth-order valence-corrected chi connectivity index (χ4v) is 4.84. The number of hydrogen-bond donors (Lipinski definition) is 1. The summed E-state index contributed by atoms with van der Waals surface area (Å²) >= 11 is 6.04. The molecule has 1 heterocycles. The van der Waals surface area contributed by atoms with Gasteiger partial charge in [-0.1, -0.05) is 23.7 Å². The topological polar surface area (TPSA) is 66.5 Å². The highest BCUT2D eigenvalue weighted by Crippen LogP contribution is 2.29. The number of amides is 1. The predicted octanol–water partition coefficient (Wildman–Crippen LogP) is 3.83. The van der Waals surface area contributed by atoms with Gasteiger partial charge in [0.05, 0.1) is 22.0 Å². The second-order valence-electron chi connectivity index (χ2n) is 6.03. The van der Waals surface area contributed by atoms with Crippen molar-refractivity contribution in [3.8, 4) is 0 Å². The van der Waals surface area contributed by atoms with Gasteiger partial charge in [-0.2, -0.15) is 0 Å². The first-order valence-electron chi connectivity index (χ1n) is 8.05. The van der Waals surface area contributed by atoms with Crippen LogP contribution < -0.4 is 9.62 Å². The smallest absolute Gasteiger partial charge is 0.257 e. The molecule has 0 radical (unpaired) electrons. The summed E-state index contributed by atoms with van der Waals surface area (Å²) in [6.45, 7) is 2.33. The molecule has 25 heavy (non-hydrogen) atoms. The number of hydrogen-bond acceptors (Lipinski definition) is 3. The Hall–Kier alpha value is -2.05. The molecule has 5 nitrogen and oxygen atoms in total. The fourth-order valence-electron chi connectivity index (χ4n) is 2.92. The third-order valence-electron chi connectivity index (χ3n) is 4.19. The molecule has 1 saturated heterocycles. The van der Waals surface area contributed by atoms with Crippen LogP contribution in [0.5, 0.6) is 0 Å². The van der Waals surface area contributed by atoms with E-state index in [4.69, 9.17) is 11.6 Å². The number of anilines is 2. The molecule has 1 N–H and O–H groups in total. The molecule has 132 valence electrons. The highest BCUT2D eigenvalue weighted by Gasteiger charge is 2.27. The van der Waals surface area contributed by atoms with Gasteiger partial charge in [-0.25, -0.2) is 8.42 Å². The molecule has 0 unspecified atom stereocenters. The maximum Gasteiger partial charge on any atom is 0.257 e. The summed E-state index contributed by atoms with van der Waals surface area (Å²) in [5.41, 5.74) is 2.45. The van der Waals surface area contributed by atoms with Crippen LogP contribution >= 0.6 is 11.6 Å². The lowest BCUT2D eigenvalue weighted by atomic mass is 10.1. The van der Waals surface area contributed by atoms with Crippen LogP contribution in [0.4, 0.5) is 11.4 Å². The summed E-state index contributed by atoms with van der Waals surface area (Å²) in [4.78, 5) is 12.3. The zero-order valence-corrected chi connectivity index (χ0v) is 15.4. The molecular formula is C18H19ClN2O3S. The van der Waals surface area contributed by atoms with Gasteiger partial charge < -0.3 is 5.32 Å². The quantitative estimate of drug-likeness (QED) is 0.882. The lowest BCUT2D eigenvalue weighted by Gasteiger charge is -2.29. The number of carbonyl (C=O) groups is 1. The Balaban J connectivity index is 1.83. The molecule has 2 aromatic rings. The minimum absolute atomic E-state index is 0.178. The van der Waals surface area contributed by atoms with E-state index in [0.717, 1.165) is 12.0 Å². The lowest BCUT2D eigenvalue weighted by molar-refractivity contribution is 0.102. The molecule has 0 spiro atoms. The molecular weight excluding hydrogens is 360 g/mol. The van der Waals surface area contributed by atoms with Gasteiger partial charge in [-0.3, -0.25) is 9.10 Å². The first kappa shape index (κ1) is 17.8. The van der Waals surface area contributed by atoms with Crippen molar-refractivity contribution in [1.29, 1.82) is 0 Å². The molecule has 7 heteroatoms. The molecule has 0 atom stereocenters. The number of nitrogens with zero attached hydrogens (tertiary/aromatic N) is 1. The van der Waals surface area contributed by atoms with Crippen LogP contribution in [0, 0.1) is 6.92 Å². The molecule has 1 amide bonds. The molecule has 2 aromatic carbocycles. The van der Waals surface area contributed by atoms with E-state index in [9.17, 15) is 13.2 Å². The van der Waals surface area contributed by atoms with Crippen molar-refractivity contribution < 1.29 is 13.2 Å². The Bertz CT molecular complexity index is 912. The molecule has 3 rings (SSSR count). The minimum Gasteiger partial charge on any atom is -0.322 e. The zero-order valence-electron chi connectivity index (χ0n) is 13.8. The average Bonchev–Trinajstić information content (AvgIpc) is 2.56. The molecule has 1 aliphatic rings. The van der Waals surface area contributed by atoms with Gasteiger partial charge in [0.1, 0.15) is 0 Å². The lowest BCUT2D eigenvalue weighted by Crippen LogP contribution is -2.38. The van der Waals surface area contributed by atoms with Crippen molar-refractivity contribution in [3.05, 3.63) is 58.6 Å². The first-order valence-corrected chi connectivity index (χ1v) is 10.0. The van der Waals surface area contributed by atoms with Crippen LogP contribution in [0.15, 0.2) is 42.5 Å². The summed E-state index contributed by atoms with van der Waals surface area (Å²) in [7, 11) is -3.26. The van der Waals surface area contributed by atoms with Crippen molar-refractivity contribution in [2.45, 2.75) is 19.8 Å². The number of halogens is 1. The highest BCUT2D eigenvalue weighted by molar-refractivity contribution is 7.92. The summed E-state index contributed by atoms with van der Waals surface area (Å²) in [5, 5.41) is 3.18. The van der Waals surface area contributed by atoms with Crippen molar-refractivity contribution in [3.63, 3.8) is 0 Å². The summed E-state index contributed by atoms with van der Waals surface area (Å²) in [6, 6.07) is 12.0. The van der Waals surface area contributed by atoms with Gasteiger partial charge in [-0.15, -0.1) is 0 Å². The summed E-state index contributed by atoms with van der Waals surface area (Å²) < 4.78 is 26.0. The molecule has 0 bridgehead atoms. The van der Waals surface area contributed by atoms with Crippen LogP contribution in [-0.4, -0.2) is 26.6 Å². The number of nitrogens with one attached hydrogen (secondary N) is 1. The average molecular weight is 379 g/mol. The van der Waals surface area contributed by atoms with Gasteiger partial charge >= 0.3 is 0 Å². The van der Waals surface area contributed by atoms with Crippen LogP contribution in [0.1, 0.15) is 28.8 Å². The van der Waals surface area contributed by atoms with Crippen LogP contribution in [-0.2, 0) is 10.0 Å². The number of carbonyl (C=O) groups excluding carboxylic acids is 1. The SMILES string of the molecule is Cc1cc(NC(=O)c2ccccc2Cl)ccc1N1CCCCS1(=O)=O. The monoisotopic (exact) mass is 378 g/mol. The van der Waals surface area contributed by atoms with E-state index in [2.05, 4.69) is 5.32 Å².